The molecule has 0 atom stereocenters. The Balaban J connectivity index is 2.63. The molecule has 0 amide bonds. The number of rotatable bonds is 2. The van der Waals surface area contributed by atoms with Gasteiger partial charge in [-0.1, -0.05) is 5.16 Å². The fourth-order valence-electron chi connectivity index (χ4n) is 1.25. The maximum absolute atomic E-state index is 10.6. The third-order valence-corrected chi connectivity index (χ3v) is 1.96. The number of hydrogen-bond donors (Lipinski definition) is 2. The molecular formula is C9H8N2O3. The average molecular weight is 192 g/mol. The van der Waals surface area contributed by atoms with E-state index in [9.17, 15) is 4.79 Å². The number of aromatic carboxylic acids is 1. The van der Waals surface area contributed by atoms with Crippen LogP contribution in [-0.2, 0) is 0 Å². The molecule has 0 aliphatic rings. The number of anilines is 1. The van der Waals surface area contributed by atoms with Gasteiger partial charge in [0.1, 0.15) is 0 Å². The highest BCUT2D eigenvalue weighted by Crippen LogP contribution is 2.23. The van der Waals surface area contributed by atoms with Gasteiger partial charge < -0.3 is 14.9 Å². The molecule has 0 aliphatic carbocycles. The average Bonchev–Trinajstić information content (AvgIpc) is 2.59. The molecule has 72 valence electrons. The summed E-state index contributed by atoms with van der Waals surface area (Å²) in [6.45, 7) is 0. The summed E-state index contributed by atoms with van der Waals surface area (Å²) in [6.07, 6.45) is 0. The normalized spacial score (nSPS) is 10.4. The molecule has 0 bridgehead atoms. The molecule has 2 N–H and O–H groups in total. The Kier molecular flexibility index (Phi) is 1.85. The molecule has 1 aromatic heterocycles. The molecule has 0 spiro atoms. The summed E-state index contributed by atoms with van der Waals surface area (Å²) in [6, 6.07) is 4.63. The molecule has 2 aromatic rings. The molecule has 0 fully saturated rings. The molecule has 14 heavy (non-hydrogen) atoms. The topological polar surface area (TPSA) is 75.4 Å². The van der Waals surface area contributed by atoms with Gasteiger partial charge in [0.25, 0.3) is 0 Å². The van der Waals surface area contributed by atoms with Gasteiger partial charge in [0, 0.05) is 7.05 Å². The van der Waals surface area contributed by atoms with E-state index in [-0.39, 0.29) is 5.56 Å². The van der Waals surface area contributed by atoms with Crippen LogP contribution in [0.2, 0.25) is 0 Å². The van der Waals surface area contributed by atoms with Crippen LogP contribution in [0.25, 0.3) is 11.0 Å². The number of nitrogens with zero attached hydrogens (tertiary/aromatic N) is 1. The van der Waals surface area contributed by atoms with Gasteiger partial charge in [0.05, 0.1) is 10.9 Å². The lowest BCUT2D eigenvalue weighted by Gasteiger charge is -1.93. The zero-order chi connectivity index (χ0) is 10.1. The standard InChI is InChI=1S/C9H8N2O3/c1-10-8-6-3-2-5(9(12)13)4-7(6)14-11-8/h2-4H,1H3,(H,10,11)(H,12,13). The van der Waals surface area contributed by atoms with Crippen LogP contribution >= 0.6 is 0 Å². The van der Waals surface area contributed by atoms with Crippen LogP contribution in [0.15, 0.2) is 22.7 Å². The van der Waals surface area contributed by atoms with Gasteiger partial charge in [-0.3, -0.25) is 0 Å². The minimum atomic E-state index is -0.977. The van der Waals surface area contributed by atoms with Crippen molar-refractivity contribution in [2.24, 2.45) is 0 Å². The maximum Gasteiger partial charge on any atom is 0.335 e. The molecule has 0 aliphatic heterocycles. The van der Waals surface area contributed by atoms with Crippen molar-refractivity contribution in [3.05, 3.63) is 23.8 Å². The molecule has 0 unspecified atom stereocenters. The zero-order valence-electron chi connectivity index (χ0n) is 7.44. The monoisotopic (exact) mass is 192 g/mol. The number of benzene rings is 1. The number of carboxylic acids is 1. The van der Waals surface area contributed by atoms with Crippen molar-refractivity contribution in [3.63, 3.8) is 0 Å². The summed E-state index contributed by atoms with van der Waals surface area (Å²) in [5.41, 5.74) is 0.658. The molecule has 5 heteroatoms. The number of carboxylic acid groups (broad SMARTS) is 1. The number of nitrogens with one attached hydrogen (secondary N) is 1. The molecule has 1 aromatic carbocycles. The van der Waals surface area contributed by atoms with E-state index < -0.39 is 5.97 Å². The summed E-state index contributed by atoms with van der Waals surface area (Å²) < 4.78 is 4.95. The van der Waals surface area contributed by atoms with E-state index in [1.54, 1.807) is 13.1 Å². The molecule has 2 rings (SSSR count). The highest BCUT2D eigenvalue weighted by molar-refractivity contribution is 5.95. The predicted octanol–water partition coefficient (Wildman–Crippen LogP) is 1.57. The van der Waals surface area contributed by atoms with Crippen LogP contribution in [0.5, 0.6) is 0 Å². The Morgan fingerprint density at radius 3 is 3.00 bits per heavy atom. The van der Waals surface area contributed by atoms with Crippen molar-refractivity contribution in [1.82, 2.24) is 5.16 Å². The summed E-state index contributed by atoms with van der Waals surface area (Å²) in [7, 11) is 1.72. The number of aromatic nitrogens is 1. The van der Waals surface area contributed by atoms with Crippen molar-refractivity contribution in [3.8, 4) is 0 Å². The van der Waals surface area contributed by atoms with Crippen molar-refractivity contribution in [2.45, 2.75) is 0 Å². The molecule has 0 radical (unpaired) electrons. The quantitative estimate of drug-likeness (QED) is 0.755. The Morgan fingerprint density at radius 1 is 1.57 bits per heavy atom. The van der Waals surface area contributed by atoms with Crippen LogP contribution in [-0.4, -0.2) is 23.3 Å². The largest absolute Gasteiger partial charge is 0.478 e. The molecule has 0 saturated heterocycles. The van der Waals surface area contributed by atoms with E-state index >= 15 is 0 Å². The van der Waals surface area contributed by atoms with Crippen LogP contribution in [0.4, 0.5) is 5.82 Å². The van der Waals surface area contributed by atoms with Gasteiger partial charge >= 0.3 is 5.97 Å². The lowest BCUT2D eigenvalue weighted by atomic mass is 10.2. The highest BCUT2D eigenvalue weighted by Gasteiger charge is 2.09. The van der Waals surface area contributed by atoms with Crippen LogP contribution in [0.1, 0.15) is 10.4 Å². The molecular weight excluding hydrogens is 184 g/mol. The van der Waals surface area contributed by atoms with E-state index in [1.165, 1.54) is 12.1 Å². The first-order valence-corrected chi connectivity index (χ1v) is 4.03. The van der Waals surface area contributed by atoms with E-state index in [4.69, 9.17) is 9.63 Å². The lowest BCUT2D eigenvalue weighted by Crippen LogP contribution is -1.94. The van der Waals surface area contributed by atoms with Gasteiger partial charge in [0.15, 0.2) is 11.4 Å². The van der Waals surface area contributed by atoms with Crippen molar-refractivity contribution < 1.29 is 14.4 Å². The van der Waals surface area contributed by atoms with Crippen LogP contribution in [0, 0.1) is 0 Å². The van der Waals surface area contributed by atoms with Crippen LogP contribution in [0.3, 0.4) is 0 Å². The summed E-state index contributed by atoms with van der Waals surface area (Å²) >= 11 is 0. The Morgan fingerprint density at radius 2 is 2.36 bits per heavy atom. The van der Waals surface area contributed by atoms with Gasteiger partial charge in [-0.15, -0.1) is 0 Å². The fraction of sp³-hybridized carbons (Fsp3) is 0.111. The number of carbonyl (C=O) groups is 1. The minimum absolute atomic E-state index is 0.191. The van der Waals surface area contributed by atoms with Gasteiger partial charge in [0.2, 0.25) is 0 Å². The molecule has 5 nitrogen and oxygen atoms in total. The Bertz CT molecular complexity index is 490. The van der Waals surface area contributed by atoms with Crippen molar-refractivity contribution >= 4 is 22.8 Å². The van der Waals surface area contributed by atoms with Crippen molar-refractivity contribution in [2.75, 3.05) is 12.4 Å². The van der Waals surface area contributed by atoms with E-state index in [1.807, 2.05) is 0 Å². The first-order chi connectivity index (χ1) is 6.72. The van der Waals surface area contributed by atoms with E-state index in [2.05, 4.69) is 10.5 Å². The third-order valence-electron chi connectivity index (χ3n) is 1.96. The van der Waals surface area contributed by atoms with E-state index in [0.717, 1.165) is 5.39 Å². The van der Waals surface area contributed by atoms with Crippen LogP contribution < -0.4 is 5.32 Å². The van der Waals surface area contributed by atoms with Crippen molar-refractivity contribution in [1.29, 1.82) is 0 Å². The number of hydrogen-bond acceptors (Lipinski definition) is 4. The smallest absolute Gasteiger partial charge is 0.335 e. The molecule has 1 heterocycles. The maximum atomic E-state index is 10.6. The first-order valence-electron chi connectivity index (χ1n) is 4.03. The zero-order valence-corrected chi connectivity index (χ0v) is 7.44. The second kappa shape index (κ2) is 3.02. The Labute approximate surface area is 79.3 Å². The highest BCUT2D eigenvalue weighted by atomic mass is 16.5. The fourth-order valence-corrected chi connectivity index (χ4v) is 1.25. The lowest BCUT2D eigenvalue weighted by molar-refractivity contribution is 0.0697. The van der Waals surface area contributed by atoms with Gasteiger partial charge in [-0.25, -0.2) is 4.79 Å². The van der Waals surface area contributed by atoms with E-state index in [0.29, 0.717) is 11.4 Å². The van der Waals surface area contributed by atoms with Gasteiger partial charge in [-0.2, -0.15) is 0 Å². The second-order valence-corrected chi connectivity index (χ2v) is 2.80. The predicted molar refractivity (Wildman–Crippen MR) is 50.5 cm³/mol. The molecule has 0 saturated carbocycles. The SMILES string of the molecule is CNc1noc2cc(C(=O)O)ccc12. The second-order valence-electron chi connectivity index (χ2n) is 2.80. The third kappa shape index (κ3) is 1.19. The summed E-state index contributed by atoms with van der Waals surface area (Å²) in [4.78, 5) is 10.6. The Hall–Kier alpha value is -2.04. The summed E-state index contributed by atoms with van der Waals surface area (Å²) in [5.74, 6) is -0.369. The minimum Gasteiger partial charge on any atom is -0.478 e. The number of fused-ring (bicyclic) bond motifs is 1. The first kappa shape index (κ1) is 8.55. The van der Waals surface area contributed by atoms with Gasteiger partial charge in [-0.05, 0) is 18.2 Å². The summed E-state index contributed by atoms with van der Waals surface area (Å²) in [5, 5.41) is 16.1.